The number of halogens is 1. The van der Waals surface area contributed by atoms with Crippen molar-refractivity contribution in [2.75, 3.05) is 0 Å². The molecule has 74 valence electrons. The Labute approximate surface area is 96.8 Å². The Morgan fingerprint density at radius 3 is 2.50 bits per heavy atom. The van der Waals surface area contributed by atoms with Gasteiger partial charge in [0.2, 0.25) is 0 Å². The number of carbonyl (C=O) groups is 1. The summed E-state index contributed by atoms with van der Waals surface area (Å²) in [6.07, 6.45) is 2.85. The van der Waals surface area contributed by atoms with E-state index in [1.54, 1.807) is 0 Å². The van der Waals surface area contributed by atoms with E-state index in [-0.39, 0.29) is 5.60 Å². The summed E-state index contributed by atoms with van der Waals surface area (Å²) in [5.74, 6) is 0. The minimum atomic E-state index is -0.172. The number of hydrogen-bond donors (Lipinski definition) is 0. The van der Waals surface area contributed by atoms with Crippen molar-refractivity contribution in [1.82, 2.24) is 0 Å². The van der Waals surface area contributed by atoms with Crippen molar-refractivity contribution in [2.45, 2.75) is 24.9 Å². The summed E-state index contributed by atoms with van der Waals surface area (Å²) in [7, 11) is 0. The minimum Gasteiger partial charge on any atom is -0.461 e. The molecule has 0 amide bonds. The average molecular weight is 302 g/mol. The molecule has 0 bridgehead atoms. The van der Waals surface area contributed by atoms with Gasteiger partial charge >= 0.3 is 0 Å². The first kappa shape index (κ1) is 9.96. The Balaban J connectivity index is 2.03. The van der Waals surface area contributed by atoms with Crippen LogP contribution < -0.4 is 0 Å². The highest BCUT2D eigenvalue weighted by molar-refractivity contribution is 14.1. The number of ether oxygens (including phenoxy) is 1. The van der Waals surface area contributed by atoms with E-state index < -0.39 is 0 Å². The third-order valence-corrected chi connectivity index (χ3v) is 3.26. The molecule has 2 rings (SSSR count). The second-order valence-corrected chi connectivity index (χ2v) is 4.95. The Morgan fingerprint density at radius 1 is 1.36 bits per heavy atom. The van der Waals surface area contributed by atoms with Crippen LogP contribution in [0.4, 0.5) is 0 Å². The Bertz CT molecular complexity index is 328. The molecule has 1 aromatic carbocycles. The molecule has 1 aromatic rings. The Morgan fingerprint density at radius 2 is 2.00 bits per heavy atom. The van der Waals surface area contributed by atoms with Gasteiger partial charge in [0.25, 0.3) is 6.47 Å². The average Bonchev–Trinajstić information content (AvgIpc) is 2.90. The zero-order chi connectivity index (χ0) is 10.0. The van der Waals surface area contributed by atoms with Gasteiger partial charge in [0.1, 0.15) is 5.60 Å². The molecule has 0 aromatic heterocycles. The molecule has 0 unspecified atom stereocenters. The van der Waals surface area contributed by atoms with Crippen LogP contribution in [-0.2, 0) is 16.0 Å². The van der Waals surface area contributed by atoms with Crippen molar-refractivity contribution in [3.63, 3.8) is 0 Å². The summed E-state index contributed by atoms with van der Waals surface area (Å²) in [4.78, 5) is 10.3. The third-order valence-electron chi connectivity index (χ3n) is 2.55. The van der Waals surface area contributed by atoms with Crippen LogP contribution in [0.2, 0.25) is 0 Å². The van der Waals surface area contributed by atoms with Gasteiger partial charge < -0.3 is 4.74 Å². The Kier molecular flexibility index (Phi) is 2.76. The zero-order valence-electron chi connectivity index (χ0n) is 7.70. The van der Waals surface area contributed by atoms with E-state index in [9.17, 15) is 4.79 Å². The van der Waals surface area contributed by atoms with Crippen molar-refractivity contribution in [3.05, 3.63) is 33.4 Å². The van der Waals surface area contributed by atoms with Crippen LogP contribution in [0, 0.1) is 3.57 Å². The van der Waals surface area contributed by atoms with Crippen LogP contribution in [0.15, 0.2) is 24.3 Å². The Hall–Kier alpha value is -0.580. The van der Waals surface area contributed by atoms with E-state index >= 15 is 0 Å². The maximum absolute atomic E-state index is 10.3. The minimum absolute atomic E-state index is 0.172. The molecule has 1 saturated carbocycles. The second-order valence-electron chi connectivity index (χ2n) is 3.70. The first-order valence-corrected chi connectivity index (χ1v) is 5.68. The van der Waals surface area contributed by atoms with Crippen molar-refractivity contribution < 1.29 is 9.53 Å². The van der Waals surface area contributed by atoms with E-state index in [2.05, 4.69) is 46.9 Å². The number of rotatable bonds is 4. The smallest absolute Gasteiger partial charge is 0.293 e. The summed E-state index contributed by atoms with van der Waals surface area (Å²) in [6, 6.07) is 8.34. The van der Waals surface area contributed by atoms with Gasteiger partial charge in [-0.2, -0.15) is 0 Å². The monoisotopic (exact) mass is 302 g/mol. The van der Waals surface area contributed by atoms with Gasteiger partial charge in [-0.05, 0) is 53.1 Å². The zero-order valence-corrected chi connectivity index (χ0v) is 9.86. The molecule has 3 heteroatoms. The van der Waals surface area contributed by atoms with Crippen LogP contribution in [0.3, 0.4) is 0 Å². The van der Waals surface area contributed by atoms with Gasteiger partial charge in [-0.25, -0.2) is 0 Å². The van der Waals surface area contributed by atoms with Crippen molar-refractivity contribution in [1.29, 1.82) is 0 Å². The third kappa shape index (κ3) is 2.26. The fraction of sp³-hybridized carbons (Fsp3) is 0.364. The molecular weight excluding hydrogens is 291 g/mol. The van der Waals surface area contributed by atoms with Crippen LogP contribution in [0.5, 0.6) is 0 Å². The highest BCUT2D eigenvalue weighted by atomic mass is 127. The lowest BCUT2D eigenvalue weighted by atomic mass is 10.1. The number of carbonyl (C=O) groups excluding carboxylic acids is 1. The predicted octanol–water partition coefficient (Wildman–Crippen LogP) is 2.54. The molecule has 2 nitrogen and oxygen atoms in total. The van der Waals surface area contributed by atoms with E-state index in [4.69, 9.17) is 4.74 Å². The molecule has 0 spiro atoms. The summed E-state index contributed by atoms with van der Waals surface area (Å²) in [6.45, 7) is 0.569. The maximum atomic E-state index is 10.3. The van der Waals surface area contributed by atoms with Gasteiger partial charge in [-0.1, -0.05) is 12.1 Å². The fourth-order valence-corrected chi connectivity index (χ4v) is 1.91. The second kappa shape index (κ2) is 3.88. The molecular formula is C11H11IO2. The molecule has 0 N–H and O–H groups in total. The molecule has 14 heavy (non-hydrogen) atoms. The molecule has 0 aliphatic heterocycles. The molecule has 1 fully saturated rings. The first-order chi connectivity index (χ1) is 6.74. The van der Waals surface area contributed by atoms with Gasteiger partial charge in [0.05, 0.1) is 0 Å². The first-order valence-electron chi connectivity index (χ1n) is 4.60. The van der Waals surface area contributed by atoms with Gasteiger partial charge in [-0.3, -0.25) is 4.79 Å². The molecule has 1 aliphatic rings. The quantitative estimate of drug-likeness (QED) is 0.631. The van der Waals surface area contributed by atoms with Crippen LogP contribution in [0.1, 0.15) is 18.4 Å². The molecule has 1 aliphatic carbocycles. The lowest BCUT2D eigenvalue weighted by Gasteiger charge is -2.12. The van der Waals surface area contributed by atoms with Crippen molar-refractivity contribution >= 4 is 29.1 Å². The predicted molar refractivity (Wildman–Crippen MR) is 62.0 cm³/mol. The maximum Gasteiger partial charge on any atom is 0.293 e. The molecule has 0 radical (unpaired) electrons. The van der Waals surface area contributed by atoms with Crippen LogP contribution >= 0.6 is 22.6 Å². The molecule has 0 heterocycles. The summed E-state index contributed by atoms with van der Waals surface area (Å²) < 4.78 is 6.32. The lowest BCUT2D eigenvalue weighted by Crippen LogP contribution is -2.16. The number of hydrogen-bond acceptors (Lipinski definition) is 2. The highest BCUT2D eigenvalue weighted by Gasteiger charge is 2.45. The summed E-state index contributed by atoms with van der Waals surface area (Å²) in [5.41, 5.74) is 1.07. The highest BCUT2D eigenvalue weighted by Crippen LogP contribution is 2.41. The number of benzene rings is 1. The van der Waals surface area contributed by atoms with Crippen LogP contribution in [-0.4, -0.2) is 12.1 Å². The van der Waals surface area contributed by atoms with Crippen LogP contribution in [0.25, 0.3) is 0 Å². The van der Waals surface area contributed by atoms with Crippen molar-refractivity contribution in [3.8, 4) is 0 Å². The standard InChI is InChI=1S/C11H11IO2/c12-10-3-1-9(2-4-10)7-11(5-6-11)14-8-13/h1-4,8H,5-7H2. The van der Waals surface area contributed by atoms with Crippen molar-refractivity contribution in [2.24, 2.45) is 0 Å². The lowest BCUT2D eigenvalue weighted by molar-refractivity contribution is -0.135. The fourth-order valence-electron chi connectivity index (χ4n) is 1.55. The largest absolute Gasteiger partial charge is 0.461 e. The van der Waals surface area contributed by atoms with Gasteiger partial charge in [0.15, 0.2) is 0 Å². The molecule has 0 saturated heterocycles. The van der Waals surface area contributed by atoms with Gasteiger partial charge in [-0.15, -0.1) is 0 Å². The normalized spacial score (nSPS) is 17.5. The molecule has 0 atom stereocenters. The van der Waals surface area contributed by atoms with Gasteiger partial charge in [0, 0.05) is 9.99 Å². The van der Waals surface area contributed by atoms with E-state index in [1.165, 1.54) is 9.13 Å². The van der Waals surface area contributed by atoms with E-state index in [1.807, 2.05) is 0 Å². The topological polar surface area (TPSA) is 26.3 Å². The summed E-state index contributed by atoms with van der Waals surface area (Å²) >= 11 is 2.28. The van der Waals surface area contributed by atoms with E-state index in [0.717, 1.165) is 19.3 Å². The SMILES string of the molecule is O=COC1(Cc2ccc(I)cc2)CC1. The summed E-state index contributed by atoms with van der Waals surface area (Å²) in [5, 5.41) is 0. The van der Waals surface area contributed by atoms with E-state index in [0.29, 0.717) is 6.47 Å².